The van der Waals surface area contributed by atoms with Crippen LogP contribution in [0.1, 0.15) is 12.5 Å². The van der Waals surface area contributed by atoms with Gasteiger partial charge in [-0.1, -0.05) is 18.2 Å². The van der Waals surface area contributed by atoms with Crippen LogP contribution in [-0.4, -0.2) is 18.6 Å². The molecule has 1 atom stereocenters. The number of nitrogens with zero attached hydrogens (tertiary/aromatic N) is 1. The minimum atomic E-state index is -0.996. The Morgan fingerprint density at radius 2 is 2.00 bits per heavy atom. The number of anilines is 1. The third-order valence-corrected chi connectivity index (χ3v) is 3.73. The number of fused-ring (bicyclic) bond motifs is 1. The van der Waals surface area contributed by atoms with Gasteiger partial charge >= 0.3 is 0 Å². The first-order chi connectivity index (χ1) is 10.6. The number of benzene rings is 2. The molecule has 0 bridgehead atoms. The average Bonchev–Trinajstić information content (AvgIpc) is 2.84. The van der Waals surface area contributed by atoms with Crippen molar-refractivity contribution in [2.24, 2.45) is 0 Å². The molecule has 2 aromatic carbocycles. The fraction of sp³-hybridized carbons (Fsp3) is 0.235. The number of rotatable bonds is 3. The maximum Gasteiger partial charge on any atom is 0.265 e. The van der Waals surface area contributed by atoms with Crippen LogP contribution in [0.2, 0.25) is 0 Å². The Morgan fingerprint density at radius 3 is 2.77 bits per heavy atom. The number of carbonyl (C=O) groups excluding carboxylic acids is 1. The molecule has 2 aromatic rings. The lowest BCUT2D eigenvalue weighted by Gasteiger charge is -2.22. The number of para-hydroxylation sites is 1. The van der Waals surface area contributed by atoms with Crippen LogP contribution in [0.4, 0.5) is 14.5 Å². The van der Waals surface area contributed by atoms with Gasteiger partial charge in [-0.15, -0.1) is 0 Å². The highest BCUT2D eigenvalue weighted by molar-refractivity contribution is 5.97. The summed E-state index contributed by atoms with van der Waals surface area (Å²) in [5.41, 5.74) is 2.00. The Balaban J connectivity index is 1.71. The summed E-state index contributed by atoms with van der Waals surface area (Å²) < 4.78 is 31.2. The standard InChI is InChI=1S/C17H15F2NO2/c1-11-8-12-4-2-3-5-16(12)20(11)17(21)10-22-13-6-7-14(18)15(19)9-13/h2-7,9,11H,8,10H2,1H3. The van der Waals surface area contributed by atoms with Crippen molar-refractivity contribution in [2.75, 3.05) is 11.5 Å². The first kappa shape index (κ1) is 14.5. The van der Waals surface area contributed by atoms with Gasteiger partial charge < -0.3 is 9.64 Å². The predicted octanol–water partition coefficient (Wildman–Crippen LogP) is 3.32. The molecule has 114 valence electrons. The van der Waals surface area contributed by atoms with Gasteiger partial charge in [0.1, 0.15) is 5.75 Å². The van der Waals surface area contributed by atoms with E-state index in [2.05, 4.69) is 0 Å². The molecule has 1 aliphatic rings. The topological polar surface area (TPSA) is 29.5 Å². The Labute approximate surface area is 127 Å². The second-order valence-corrected chi connectivity index (χ2v) is 5.31. The summed E-state index contributed by atoms with van der Waals surface area (Å²) >= 11 is 0. The fourth-order valence-corrected chi connectivity index (χ4v) is 2.73. The zero-order valence-electron chi connectivity index (χ0n) is 12.1. The second kappa shape index (κ2) is 5.75. The van der Waals surface area contributed by atoms with Crippen molar-refractivity contribution in [1.82, 2.24) is 0 Å². The van der Waals surface area contributed by atoms with Gasteiger partial charge in [-0.2, -0.15) is 0 Å². The Hall–Kier alpha value is -2.43. The minimum absolute atomic E-state index is 0.0541. The normalized spacial score (nSPS) is 16.5. The van der Waals surface area contributed by atoms with Gasteiger partial charge in [0.2, 0.25) is 0 Å². The van der Waals surface area contributed by atoms with Crippen LogP contribution in [0.15, 0.2) is 42.5 Å². The molecule has 0 saturated carbocycles. The molecule has 0 fully saturated rings. The zero-order valence-corrected chi connectivity index (χ0v) is 12.1. The third kappa shape index (κ3) is 2.66. The Kier molecular flexibility index (Phi) is 3.79. The Morgan fingerprint density at radius 1 is 1.23 bits per heavy atom. The number of amides is 1. The number of halogens is 2. The highest BCUT2D eigenvalue weighted by Gasteiger charge is 2.30. The summed E-state index contributed by atoms with van der Waals surface area (Å²) in [5, 5.41) is 0. The molecule has 0 spiro atoms. The van der Waals surface area contributed by atoms with Crippen LogP contribution in [0.25, 0.3) is 0 Å². The van der Waals surface area contributed by atoms with Crippen LogP contribution in [0, 0.1) is 11.6 Å². The molecule has 1 amide bonds. The second-order valence-electron chi connectivity index (χ2n) is 5.31. The molecular weight excluding hydrogens is 288 g/mol. The van der Waals surface area contributed by atoms with E-state index < -0.39 is 11.6 Å². The Bertz CT molecular complexity index is 718. The first-order valence-electron chi connectivity index (χ1n) is 7.04. The van der Waals surface area contributed by atoms with Crippen molar-refractivity contribution < 1.29 is 18.3 Å². The van der Waals surface area contributed by atoms with E-state index in [0.29, 0.717) is 0 Å². The number of hydrogen-bond donors (Lipinski definition) is 0. The fourth-order valence-electron chi connectivity index (χ4n) is 2.73. The van der Waals surface area contributed by atoms with Gasteiger partial charge in [0.05, 0.1) is 0 Å². The third-order valence-electron chi connectivity index (χ3n) is 3.73. The van der Waals surface area contributed by atoms with E-state index in [4.69, 9.17) is 4.74 Å². The van der Waals surface area contributed by atoms with Crippen LogP contribution in [0.5, 0.6) is 5.75 Å². The van der Waals surface area contributed by atoms with E-state index in [0.717, 1.165) is 29.8 Å². The number of ether oxygens (including phenoxy) is 1. The SMILES string of the molecule is CC1Cc2ccccc2N1C(=O)COc1ccc(F)c(F)c1. The van der Waals surface area contributed by atoms with E-state index in [1.807, 2.05) is 31.2 Å². The number of carbonyl (C=O) groups is 1. The van der Waals surface area contributed by atoms with E-state index in [-0.39, 0.29) is 24.3 Å². The van der Waals surface area contributed by atoms with E-state index >= 15 is 0 Å². The zero-order chi connectivity index (χ0) is 15.7. The van der Waals surface area contributed by atoms with Gasteiger partial charge in [0.25, 0.3) is 5.91 Å². The van der Waals surface area contributed by atoms with Crippen molar-refractivity contribution in [1.29, 1.82) is 0 Å². The number of hydrogen-bond acceptors (Lipinski definition) is 2. The lowest BCUT2D eigenvalue weighted by molar-refractivity contribution is -0.120. The van der Waals surface area contributed by atoms with Gasteiger partial charge in [0.15, 0.2) is 18.2 Å². The lowest BCUT2D eigenvalue weighted by atomic mass is 10.1. The van der Waals surface area contributed by atoms with E-state index in [1.54, 1.807) is 4.90 Å². The summed E-state index contributed by atoms with van der Waals surface area (Å²) in [6.45, 7) is 1.75. The molecule has 22 heavy (non-hydrogen) atoms. The van der Waals surface area contributed by atoms with Gasteiger partial charge in [-0.3, -0.25) is 4.79 Å². The molecule has 0 radical (unpaired) electrons. The van der Waals surface area contributed by atoms with Gasteiger partial charge in [-0.25, -0.2) is 8.78 Å². The molecule has 3 nitrogen and oxygen atoms in total. The predicted molar refractivity (Wildman–Crippen MR) is 78.9 cm³/mol. The molecule has 0 saturated heterocycles. The molecule has 5 heteroatoms. The van der Waals surface area contributed by atoms with Crippen molar-refractivity contribution in [2.45, 2.75) is 19.4 Å². The van der Waals surface area contributed by atoms with Crippen LogP contribution in [0.3, 0.4) is 0 Å². The monoisotopic (exact) mass is 303 g/mol. The highest BCUT2D eigenvalue weighted by Crippen LogP contribution is 2.31. The first-order valence-corrected chi connectivity index (χ1v) is 7.04. The highest BCUT2D eigenvalue weighted by atomic mass is 19.2. The van der Waals surface area contributed by atoms with Crippen molar-refractivity contribution >= 4 is 11.6 Å². The molecule has 1 aliphatic heterocycles. The quantitative estimate of drug-likeness (QED) is 0.870. The smallest absolute Gasteiger partial charge is 0.265 e. The minimum Gasteiger partial charge on any atom is -0.484 e. The van der Waals surface area contributed by atoms with Gasteiger partial charge in [0, 0.05) is 17.8 Å². The largest absolute Gasteiger partial charge is 0.484 e. The van der Waals surface area contributed by atoms with Crippen LogP contribution >= 0.6 is 0 Å². The molecule has 0 N–H and O–H groups in total. The van der Waals surface area contributed by atoms with Crippen molar-refractivity contribution in [3.63, 3.8) is 0 Å². The molecule has 1 unspecified atom stereocenters. The summed E-state index contributed by atoms with van der Waals surface area (Å²) in [6.07, 6.45) is 0.799. The maximum absolute atomic E-state index is 13.1. The van der Waals surface area contributed by atoms with E-state index in [9.17, 15) is 13.6 Å². The molecule has 0 aliphatic carbocycles. The van der Waals surface area contributed by atoms with Crippen molar-refractivity contribution in [3.8, 4) is 5.75 Å². The van der Waals surface area contributed by atoms with E-state index in [1.165, 1.54) is 6.07 Å². The van der Waals surface area contributed by atoms with Gasteiger partial charge in [-0.05, 0) is 37.1 Å². The summed E-state index contributed by atoms with van der Waals surface area (Å²) in [7, 11) is 0. The molecule has 3 rings (SSSR count). The average molecular weight is 303 g/mol. The summed E-state index contributed by atoms with van der Waals surface area (Å²) in [5.74, 6) is -2.01. The summed E-state index contributed by atoms with van der Waals surface area (Å²) in [6, 6.07) is 11.0. The van der Waals surface area contributed by atoms with Crippen LogP contribution in [-0.2, 0) is 11.2 Å². The van der Waals surface area contributed by atoms with Crippen molar-refractivity contribution in [3.05, 3.63) is 59.7 Å². The lowest BCUT2D eigenvalue weighted by Crippen LogP contribution is -2.39. The van der Waals surface area contributed by atoms with Crippen LogP contribution < -0.4 is 9.64 Å². The summed E-state index contributed by atoms with van der Waals surface area (Å²) in [4.78, 5) is 14.1. The molecular formula is C17H15F2NO2. The maximum atomic E-state index is 13.1. The molecule has 0 aromatic heterocycles. The molecule has 1 heterocycles.